The molecule has 2 rings (SSSR count). The maximum atomic E-state index is 13.7. The largest absolute Gasteiger partial charge is 0.392 e. The standard InChI is InChI=1S/C16H24FN3S/c1-2-5-15(16(18)21)20-10-8-19(9-11-20)12-13-6-3-4-7-14(13)17/h3-4,6-7,15H,2,5,8-12H2,1H3,(H2,18,21). The van der Waals surface area contributed by atoms with Crippen LogP contribution in [0.3, 0.4) is 0 Å². The van der Waals surface area contributed by atoms with Crippen molar-refractivity contribution in [2.45, 2.75) is 32.4 Å². The molecule has 0 aliphatic carbocycles. The van der Waals surface area contributed by atoms with Crippen molar-refractivity contribution in [3.8, 4) is 0 Å². The second-order valence-electron chi connectivity index (χ2n) is 5.61. The third-order valence-electron chi connectivity index (χ3n) is 4.09. The van der Waals surface area contributed by atoms with E-state index in [1.807, 2.05) is 12.1 Å². The Hall–Kier alpha value is -1.04. The highest BCUT2D eigenvalue weighted by atomic mass is 32.1. The van der Waals surface area contributed by atoms with E-state index in [9.17, 15) is 4.39 Å². The zero-order valence-electron chi connectivity index (χ0n) is 12.6. The van der Waals surface area contributed by atoms with Crippen molar-refractivity contribution in [1.29, 1.82) is 0 Å². The molecule has 1 saturated heterocycles. The number of halogens is 1. The normalized spacial score (nSPS) is 18.6. The summed E-state index contributed by atoms with van der Waals surface area (Å²) < 4.78 is 13.7. The molecule has 3 nitrogen and oxygen atoms in total. The van der Waals surface area contributed by atoms with Gasteiger partial charge >= 0.3 is 0 Å². The van der Waals surface area contributed by atoms with Crippen molar-refractivity contribution >= 4 is 17.2 Å². The van der Waals surface area contributed by atoms with Crippen molar-refractivity contribution in [2.24, 2.45) is 5.73 Å². The summed E-state index contributed by atoms with van der Waals surface area (Å²) in [6.45, 7) is 6.56. The second kappa shape index (κ2) is 7.82. The fourth-order valence-corrected chi connectivity index (χ4v) is 3.15. The lowest BCUT2D eigenvalue weighted by Gasteiger charge is -2.39. The van der Waals surface area contributed by atoms with Crippen LogP contribution in [0.4, 0.5) is 4.39 Å². The van der Waals surface area contributed by atoms with Crippen LogP contribution in [0.2, 0.25) is 0 Å². The zero-order valence-corrected chi connectivity index (χ0v) is 13.4. The maximum absolute atomic E-state index is 13.7. The Morgan fingerprint density at radius 2 is 1.95 bits per heavy atom. The first-order valence-electron chi connectivity index (χ1n) is 7.61. The summed E-state index contributed by atoms with van der Waals surface area (Å²) in [5.41, 5.74) is 6.63. The van der Waals surface area contributed by atoms with E-state index in [1.165, 1.54) is 6.07 Å². The van der Waals surface area contributed by atoms with Gasteiger partial charge < -0.3 is 5.73 Å². The van der Waals surface area contributed by atoms with E-state index in [0.29, 0.717) is 11.5 Å². The Labute approximate surface area is 131 Å². The molecule has 0 saturated carbocycles. The van der Waals surface area contributed by atoms with Crippen LogP contribution in [0.5, 0.6) is 0 Å². The smallest absolute Gasteiger partial charge is 0.127 e. The lowest BCUT2D eigenvalue weighted by atomic mass is 10.1. The van der Waals surface area contributed by atoms with Gasteiger partial charge in [-0.15, -0.1) is 0 Å². The van der Waals surface area contributed by atoms with Crippen LogP contribution in [-0.2, 0) is 6.54 Å². The molecule has 1 unspecified atom stereocenters. The van der Waals surface area contributed by atoms with E-state index < -0.39 is 0 Å². The number of rotatable bonds is 6. The minimum atomic E-state index is -0.119. The van der Waals surface area contributed by atoms with E-state index >= 15 is 0 Å². The fourth-order valence-electron chi connectivity index (χ4n) is 2.88. The number of thiocarbonyl (C=S) groups is 1. The second-order valence-corrected chi connectivity index (χ2v) is 6.08. The van der Waals surface area contributed by atoms with Crippen LogP contribution in [0.25, 0.3) is 0 Å². The van der Waals surface area contributed by atoms with Crippen LogP contribution in [0.15, 0.2) is 24.3 Å². The summed E-state index contributed by atoms with van der Waals surface area (Å²) in [5, 5.41) is 0. The Bertz CT molecular complexity index is 472. The van der Waals surface area contributed by atoms with Crippen molar-refractivity contribution in [2.75, 3.05) is 26.2 Å². The predicted octanol–water partition coefficient (Wildman–Crippen LogP) is 2.40. The molecule has 0 bridgehead atoms. The molecule has 1 aromatic carbocycles. The summed E-state index contributed by atoms with van der Waals surface area (Å²) >= 11 is 5.19. The fraction of sp³-hybridized carbons (Fsp3) is 0.562. The Balaban J connectivity index is 1.88. The summed E-state index contributed by atoms with van der Waals surface area (Å²) in [4.78, 5) is 5.25. The molecule has 0 radical (unpaired) electrons. The van der Waals surface area contributed by atoms with Crippen molar-refractivity contribution < 1.29 is 4.39 Å². The van der Waals surface area contributed by atoms with Crippen LogP contribution in [-0.4, -0.2) is 47.0 Å². The highest BCUT2D eigenvalue weighted by molar-refractivity contribution is 7.80. The van der Waals surface area contributed by atoms with Crippen LogP contribution >= 0.6 is 12.2 Å². The number of hydrogen-bond acceptors (Lipinski definition) is 3. The number of piperazine rings is 1. The van der Waals surface area contributed by atoms with Gasteiger partial charge in [0.15, 0.2) is 0 Å². The van der Waals surface area contributed by atoms with Gasteiger partial charge in [-0.25, -0.2) is 4.39 Å². The zero-order chi connectivity index (χ0) is 15.2. The molecular formula is C16H24FN3S. The van der Waals surface area contributed by atoms with E-state index in [0.717, 1.165) is 44.6 Å². The minimum Gasteiger partial charge on any atom is -0.392 e. The number of benzene rings is 1. The monoisotopic (exact) mass is 309 g/mol. The van der Waals surface area contributed by atoms with Gasteiger partial charge in [-0.1, -0.05) is 43.8 Å². The van der Waals surface area contributed by atoms with Gasteiger partial charge in [-0.05, 0) is 12.5 Å². The third kappa shape index (κ3) is 4.46. The Morgan fingerprint density at radius 1 is 1.29 bits per heavy atom. The molecule has 1 heterocycles. The van der Waals surface area contributed by atoms with Crippen LogP contribution < -0.4 is 5.73 Å². The highest BCUT2D eigenvalue weighted by Crippen LogP contribution is 2.15. The molecule has 0 amide bonds. The van der Waals surface area contributed by atoms with Gasteiger partial charge in [-0.2, -0.15) is 0 Å². The molecule has 116 valence electrons. The lowest BCUT2D eigenvalue weighted by molar-refractivity contribution is 0.109. The van der Waals surface area contributed by atoms with Crippen LogP contribution in [0.1, 0.15) is 25.3 Å². The van der Waals surface area contributed by atoms with Gasteiger partial charge in [0.2, 0.25) is 0 Å². The first kappa shape index (κ1) is 16.3. The SMILES string of the molecule is CCCC(C(N)=S)N1CCN(Cc2ccccc2F)CC1. The number of nitrogens with two attached hydrogens (primary N) is 1. The van der Waals surface area contributed by atoms with Crippen molar-refractivity contribution in [3.05, 3.63) is 35.6 Å². The summed E-state index contributed by atoms with van der Waals surface area (Å²) in [6.07, 6.45) is 2.10. The molecular weight excluding hydrogens is 285 g/mol. The summed E-state index contributed by atoms with van der Waals surface area (Å²) in [7, 11) is 0. The van der Waals surface area contributed by atoms with Crippen molar-refractivity contribution in [3.63, 3.8) is 0 Å². The van der Waals surface area contributed by atoms with Gasteiger partial charge in [0.25, 0.3) is 0 Å². The predicted molar refractivity (Wildman–Crippen MR) is 88.7 cm³/mol. The molecule has 1 aliphatic heterocycles. The van der Waals surface area contributed by atoms with E-state index in [2.05, 4.69) is 16.7 Å². The molecule has 0 aromatic heterocycles. The summed E-state index contributed by atoms with van der Waals surface area (Å²) in [6, 6.07) is 7.21. The third-order valence-corrected chi connectivity index (χ3v) is 4.36. The van der Waals surface area contributed by atoms with Gasteiger partial charge in [0, 0.05) is 38.3 Å². The maximum Gasteiger partial charge on any atom is 0.127 e. The number of hydrogen-bond donors (Lipinski definition) is 1. The van der Waals surface area contributed by atoms with E-state index in [4.69, 9.17) is 18.0 Å². The molecule has 1 aromatic rings. The minimum absolute atomic E-state index is 0.119. The Kier molecular flexibility index (Phi) is 6.08. The first-order valence-corrected chi connectivity index (χ1v) is 8.01. The van der Waals surface area contributed by atoms with Gasteiger partial charge in [0.05, 0.1) is 11.0 Å². The average molecular weight is 309 g/mol. The van der Waals surface area contributed by atoms with E-state index in [1.54, 1.807) is 6.07 Å². The molecule has 2 N–H and O–H groups in total. The van der Waals surface area contributed by atoms with Crippen LogP contribution in [0, 0.1) is 5.82 Å². The van der Waals surface area contributed by atoms with Gasteiger partial charge in [0.1, 0.15) is 5.82 Å². The number of nitrogens with zero attached hydrogens (tertiary/aromatic N) is 2. The molecule has 1 aliphatic rings. The Morgan fingerprint density at radius 3 is 2.52 bits per heavy atom. The highest BCUT2D eigenvalue weighted by Gasteiger charge is 2.25. The van der Waals surface area contributed by atoms with Crippen molar-refractivity contribution in [1.82, 2.24) is 9.80 Å². The molecule has 1 fully saturated rings. The van der Waals surface area contributed by atoms with Gasteiger partial charge in [-0.3, -0.25) is 9.80 Å². The quantitative estimate of drug-likeness (QED) is 0.818. The van der Waals surface area contributed by atoms with E-state index in [-0.39, 0.29) is 11.9 Å². The molecule has 21 heavy (non-hydrogen) atoms. The molecule has 0 spiro atoms. The molecule has 5 heteroatoms. The topological polar surface area (TPSA) is 32.5 Å². The average Bonchev–Trinajstić information content (AvgIpc) is 2.48. The molecule has 1 atom stereocenters. The summed E-state index contributed by atoms with van der Waals surface area (Å²) in [5.74, 6) is -0.119. The first-order chi connectivity index (χ1) is 10.1. The lowest BCUT2D eigenvalue weighted by Crippen LogP contribution is -2.53.